The summed E-state index contributed by atoms with van der Waals surface area (Å²) in [4.78, 5) is 0. The fraction of sp³-hybridized carbons (Fsp3) is 0.368. The molecule has 2 aromatic rings. The Hall–Kier alpha value is -1.80. The van der Waals surface area contributed by atoms with Crippen molar-refractivity contribution in [2.75, 3.05) is 6.54 Å². The van der Waals surface area contributed by atoms with Gasteiger partial charge in [-0.2, -0.15) is 0 Å². The van der Waals surface area contributed by atoms with Crippen LogP contribution in [0.2, 0.25) is 0 Å². The first-order chi connectivity index (χ1) is 10.4. The number of nitrogens with two attached hydrogens (primary N) is 1. The second-order valence-electron chi connectivity index (χ2n) is 5.80. The number of ether oxygens (including phenoxy) is 1. The first kappa shape index (κ1) is 14.2. The van der Waals surface area contributed by atoms with Crippen molar-refractivity contribution in [3.63, 3.8) is 0 Å². The predicted octanol–water partition coefficient (Wildman–Crippen LogP) is 4.25. The third kappa shape index (κ3) is 3.27. The van der Waals surface area contributed by atoms with Crippen LogP contribution < -0.4 is 10.5 Å². The molecule has 0 aromatic heterocycles. The zero-order valence-corrected chi connectivity index (χ0v) is 12.4. The lowest BCUT2D eigenvalue weighted by atomic mass is 9.86. The Kier molecular flexibility index (Phi) is 4.56. The monoisotopic (exact) mass is 281 g/mol. The lowest BCUT2D eigenvalue weighted by Gasteiger charge is -2.31. The molecule has 0 amide bonds. The van der Waals surface area contributed by atoms with Crippen molar-refractivity contribution in [1.82, 2.24) is 0 Å². The molecule has 0 aliphatic heterocycles. The van der Waals surface area contributed by atoms with Gasteiger partial charge in [0, 0.05) is 11.5 Å². The zero-order chi connectivity index (χ0) is 14.5. The fourth-order valence-electron chi connectivity index (χ4n) is 3.19. The summed E-state index contributed by atoms with van der Waals surface area (Å²) >= 11 is 0. The Labute approximate surface area is 126 Å². The Bertz CT molecular complexity index is 567. The molecule has 2 heteroatoms. The van der Waals surface area contributed by atoms with Gasteiger partial charge in [0.15, 0.2) is 0 Å². The van der Waals surface area contributed by atoms with Gasteiger partial charge in [-0.15, -0.1) is 0 Å². The zero-order valence-electron chi connectivity index (χ0n) is 12.4. The van der Waals surface area contributed by atoms with Gasteiger partial charge >= 0.3 is 0 Å². The van der Waals surface area contributed by atoms with Crippen molar-refractivity contribution in [3.05, 3.63) is 54.6 Å². The van der Waals surface area contributed by atoms with Crippen molar-refractivity contribution >= 4 is 0 Å². The molecule has 1 aliphatic carbocycles. The number of hydrogen-bond acceptors (Lipinski definition) is 2. The standard InChI is InChI=1S/C19H23NO/c20-14-16-10-4-6-12-18(16)21-19-13-7-5-11-17(19)15-8-2-1-3-9-15/h1-3,5,7-9,11,13,16,18H,4,6,10,12,14,20H2. The van der Waals surface area contributed by atoms with E-state index in [-0.39, 0.29) is 6.10 Å². The molecule has 2 unspecified atom stereocenters. The van der Waals surface area contributed by atoms with Crippen LogP contribution in [0.5, 0.6) is 5.75 Å². The van der Waals surface area contributed by atoms with Crippen LogP contribution in [0.15, 0.2) is 54.6 Å². The molecule has 21 heavy (non-hydrogen) atoms. The van der Waals surface area contributed by atoms with Gasteiger partial charge in [0.1, 0.15) is 11.9 Å². The first-order valence-corrected chi connectivity index (χ1v) is 7.89. The summed E-state index contributed by atoms with van der Waals surface area (Å²) < 4.78 is 6.36. The maximum atomic E-state index is 6.36. The van der Waals surface area contributed by atoms with Crippen molar-refractivity contribution in [1.29, 1.82) is 0 Å². The highest BCUT2D eigenvalue weighted by Crippen LogP contribution is 2.34. The van der Waals surface area contributed by atoms with Gasteiger partial charge in [-0.3, -0.25) is 0 Å². The van der Waals surface area contributed by atoms with E-state index in [0.29, 0.717) is 5.92 Å². The van der Waals surface area contributed by atoms with Crippen LogP contribution >= 0.6 is 0 Å². The van der Waals surface area contributed by atoms with Crippen LogP contribution in [-0.4, -0.2) is 12.6 Å². The molecule has 0 saturated heterocycles. The summed E-state index contributed by atoms with van der Waals surface area (Å²) in [7, 11) is 0. The molecule has 2 N–H and O–H groups in total. The molecular weight excluding hydrogens is 258 g/mol. The normalized spacial score (nSPS) is 22.0. The molecule has 0 spiro atoms. The minimum absolute atomic E-state index is 0.258. The average molecular weight is 281 g/mol. The number of hydrogen-bond donors (Lipinski definition) is 1. The number of rotatable bonds is 4. The summed E-state index contributed by atoms with van der Waals surface area (Å²) in [6.07, 6.45) is 5.09. The largest absolute Gasteiger partial charge is 0.489 e. The van der Waals surface area contributed by atoms with Crippen molar-refractivity contribution in [2.24, 2.45) is 11.7 Å². The van der Waals surface area contributed by atoms with E-state index in [1.807, 2.05) is 12.1 Å². The van der Waals surface area contributed by atoms with Crippen molar-refractivity contribution in [3.8, 4) is 16.9 Å². The van der Waals surface area contributed by atoms with E-state index < -0.39 is 0 Å². The van der Waals surface area contributed by atoms with Crippen molar-refractivity contribution < 1.29 is 4.74 Å². The molecular formula is C19H23NO. The summed E-state index contributed by atoms with van der Waals surface area (Å²) in [6, 6.07) is 18.7. The Morgan fingerprint density at radius 1 is 0.905 bits per heavy atom. The third-order valence-electron chi connectivity index (χ3n) is 4.39. The van der Waals surface area contributed by atoms with E-state index in [0.717, 1.165) is 18.7 Å². The molecule has 1 saturated carbocycles. The molecule has 0 heterocycles. The highest BCUT2D eigenvalue weighted by Gasteiger charge is 2.26. The van der Waals surface area contributed by atoms with E-state index in [1.54, 1.807) is 0 Å². The van der Waals surface area contributed by atoms with E-state index in [2.05, 4.69) is 42.5 Å². The minimum Gasteiger partial charge on any atom is -0.489 e. The van der Waals surface area contributed by atoms with Gasteiger partial charge in [0.05, 0.1) is 0 Å². The average Bonchev–Trinajstić information content (AvgIpc) is 2.57. The third-order valence-corrected chi connectivity index (χ3v) is 4.39. The molecule has 0 radical (unpaired) electrons. The minimum atomic E-state index is 0.258. The topological polar surface area (TPSA) is 35.2 Å². The van der Waals surface area contributed by atoms with Crippen LogP contribution in [0, 0.1) is 5.92 Å². The lowest BCUT2D eigenvalue weighted by molar-refractivity contribution is 0.0976. The second kappa shape index (κ2) is 6.77. The van der Waals surface area contributed by atoms with Gasteiger partial charge in [0.2, 0.25) is 0 Å². The number of benzene rings is 2. The second-order valence-corrected chi connectivity index (χ2v) is 5.80. The van der Waals surface area contributed by atoms with Crippen molar-refractivity contribution in [2.45, 2.75) is 31.8 Å². The maximum Gasteiger partial charge on any atom is 0.127 e. The van der Waals surface area contributed by atoms with Gasteiger partial charge in [-0.1, -0.05) is 55.0 Å². The van der Waals surface area contributed by atoms with Gasteiger partial charge in [-0.25, -0.2) is 0 Å². The molecule has 2 nitrogen and oxygen atoms in total. The van der Waals surface area contributed by atoms with E-state index >= 15 is 0 Å². The SMILES string of the molecule is NCC1CCCCC1Oc1ccccc1-c1ccccc1. The molecule has 0 bridgehead atoms. The Morgan fingerprint density at radius 2 is 1.62 bits per heavy atom. The van der Waals surface area contributed by atoms with Crippen LogP contribution in [0.1, 0.15) is 25.7 Å². The molecule has 110 valence electrons. The quantitative estimate of drug-likeness (QED) is 0.909. The fourth-order valence-corrected chi connectivity index (χ4v) is 3.19. The molecule has 1 fully saturated rings. The van der Waals surface area contributed by atoms with E-state index in [9.17, 15) is 0 Å². The molecule has 1 aliphatic rings. The first-order valence-electron chi connectivity index (χ1n) is 7.89. The molecule has 2 atom stereocenters. The predicted molar refractivity (Wildman–Crippen MR) is 87.3 cm³/mol. The van der Waals surface area contributed by atoms with Crippen LogP contribution in [0.4, 0.5) is 0 Å². The molecule has 3 rings (SSSR count). The Balaban J connectivity index is 1.85. The van der Waals surface area contributed by atoms with Crippen LogP contribution in [-0.2, 0) is 0 Å². The van der Waals surface area contributed by atoms with Crippen LogP contribution in [0.3, 0.4) is 0 Å². The van der Waals surface area contributed by atoms with Gasteiger partial charge < -0.3 is 10.5 Å². The van der Waals surface area contributed by atoms with E-state index in [4.69, 9.17) is 10.5 Å². The van der Waals surface area contributed by atoms with Crippen LogP contribution in [0.25, 0.3) is 11.1 Å². The van der Waals surface area contributed by atoms with Gasteiger partial charge in [-0.05, 0) is 37.4 Å². The lowest BCUT2D eigenvalue weighted by Crippen LogP contribution is -2.35. The summed E-state index contributed by atoms with van der Waals surface area (Å²) in [6.45, 7) is 0.720. The Morgan fingerprint density at radius 3 is 2.43 bits per heavy atom. The van der Waals surface area contributed by atoms with E-state index in [1.165, 1.54) is 30.4 Å². The molecule has 2 aromatic carbocycles. The smallest absolute Gasteiger partial charge is 0.127 e. The summed E-state index contributed by atoms with van der Waals surface area (Å²) in [5.41, 5.74) is 8.28. The summed E-state index contributed by atoms with van der Waals surface area (Å²) in [5.74, 6) is 1.47. The van der Waals surface area contributed by atoms with Gasteiger partial charge in [0.25, 0.3) is 0 Å². The summed E-state index contributed by atoms with van der Waals surface area (Å²) in [5, 5.41) is 0. The highest BCUT2D eigenvalue weighted by molar-refractivity contribution is 5.70. The maximum absolute atomic E-state index is 6.36. The number of para-hydroxylation sites is 1. The highest BCUT2D eigenvalue weighted by atomic mass is 16.5.